The molecular formula is C50H30N8O6. The molecule has 0 N–H and O–H groups in total. The predicted molar refractivity (Wildman–Crippen MR) is 244 cm³/mol. The van der Waals surface area contributed by atoms with E-state index in [9.17, 15) is 20.2 Å². The van der Waals surface area contributed by atoms with Gasteiger partial charge in [0.2, 0.25) is 11.6 Å². The van der Waals surface area contributed by atoms with Crippen LogP contribution in [0.15, 0.2) is 183 Å². The molecule has 0 aliphatic rings. The Bertz CT molecular complexity index is 3420. The number of nitro groups is 2. The summed E-state index contributed by atoms with van der Waals surface area (Å²) >= 11 is 0. The summed E-state index contributed by atoms with van der Waals surface area (Å²) in [5.41, 5.74) is 5.64. The molecule has 0 atom stereocenters. The van der Waals surface area contributed by atoms with Gasteiger partial charge in [0, 0.05) is 69.3 Å². The molecule has 11 aromatic rings. The smallest absolute Gasteiger partial charge is 0.312 e. The van der Waals surface area contributed by atoms with Gasteiger partial charge in [0.05, 0.1) is 55.7 Å². The lowest BCUT2D eigenvalue weighted by Gasteiger charge is -2.11. The number of hydrogen-bond donors (Lipinski definition) is 0. The number of benzene rings is 6. The van der Waals surface area contributed by atoms with E-state index in [2.05, 4.69) is 9.97 Å². The minimum absolute atomic E-state index is 0.105. The van der Waals surface area contributed by atoms with Crippen LogP contribution >= 0.6 is 0 Å². The topological polar surface area (TPSA) is 166 Å². The summed E-state index contributed by atoms with van der Waals surface area (Å²) in [6.45, 7) is 0. The third kappa shape index (κ3) is 6.55. The first-order valence-electron chi connectivity index (χ1n) is 20.0. The van der Waals surface area contributed by atoms with E-state index in [1.54, 1.807) is 46.1 Å². The van der Waals surface area contributed by atoms with Gasteiger partial charge in [-0.15, -0.1) is 0 Å². The van der Waals surface area contributed by atoms with Gasteiger partial charge >= 0.3 is 11.4 Å². The molecule has 0 bridgehead atoms. The third-order valence-corrected chi connectivity index (χ3v) is 11.0. The lowest BCUT2D eigenvalue weighted by molar-refractivity contribution is -0.385. The Morgan fingerprint density at radius 3 is 1.27 bits per heavy atom. The van der Waals surface area contributed by atoms with Crippen molar-refractivity contribution in [2.75, 3.05) is 0 Å². The van der Waals surface area contributed by atoms with Crippen molar-refractivity contribution >= 4 is 55.0 Å². The summed E-state index contributed by atoms with van der Waals surface area (Å²) in [6.07, 6.45) is 6.50. The number of hydrogen-bond acceptors (Lipinski definition) is 10. The quantitative estimate of drug-likeness (QED) is 0.0955. The van der Waals surface area contributed by atoms with Crippen LogP contribution in [-0.4, -0.2) is 38.9 Å². The average molecular weight is 839 g/mol. The second kappa shape index (κ2) is 15.3. The molecule has 0 saturated heterocycles. The zero-order chi connectivity index (χ0) is 43.3. The Labute approximate surface area is 362 Å². The molecule has 0 spiro atoms. The third-order valence-electron chi connectivity index (χ3n) is 11.0. The largest absolute Gasteiger partial charge is 0.457 e. The van der Waals surface area contributed by atoms with Gasteiger partial charge in [0.25, 0.3) is 0 Å². The number of nitrogens with zero attached hydrogens (tertiary/aromatic N) is 8. The van der Waals surface area contributed by atoms with Crippen molar-refractivity contribution in [3.8, 4) is 57.1 Å². The van der Waals surface area contributed by atoms with E-state index in [1.807, 2.05) is 133 Å². The highest BCUT2D eigenvalue weighted by Crippen LogP contribution is 2.39. The zero-order valence-corrected chi connectivity index (χ0v) is 33.3. The van der Waals surface area contributed by atoms with Crippen LogP contribution in [0.25, 0.3) is 77.8 Å². The molecule has 0 aliphatic carbocycles. The molecular weight excluding hydrogens is 809 g/mol. The standard InChI is InChI=1S/C50H30N8O6/c59-57(60)45-17-7-23-51-49(45)55-43-15-3-1-13-37(43)39-21-19-35(27-47(39)55)63-33-11-5-9-31(25-33)41-29-54-42(30-53-41)32-10-6-12-34(26-32)64-36-20-22-40-38-14-2-4-16-44(38)56(48(40)28-36)50-46(58(61)62)18-8-24-52-50/h1-30H. The lowest BCUT2D eigenvalue weighted by Crippen LogP contribution is -2.02. The molecule has 5 heterocycles. The molecule has 0 saturated carbocycles. The minimum Gasteiger partial charge on any atom is -0.457 e. The second-order valence-electron chi connectivity index (χ2n) is 14.8. The van der Waals surface area contributed by atoms with Crippen LogP contribution in [0.3, 0.4) is 0 Å². The van der Waals surface area contributed by atoms with E-state index < -0.39 is 9.85 Å². The van der Waals surface area contributed by atoms with Gasteiger partial charge in [-0.2, -0.15) is 0 Å². The Morgan fingerprint density at radius 2 is 0.828 bits per heavy atom. The zero-order valence-electron chi connectivity index (χ0n) is 33.3. The highest BCUT2D eigenvalue weighted by molar-refractivity contribution is 6.10. The maximum Gasteiger partial charge on any atom is 0.312 e. The summed E-state index contributed by atoms with van der Waals surface area (Å²) in [6, 6.07) is 47.9. The monoisotopic (exact) mass is 838 g/mol. The molecule has 5 aromatic heterocycles. The number of ether oxygens (including phenoxy) is 2. The van der Waals surface area contributed by atoms with Crippen LogP contribution < -0.4 is 9.47 Å². The van der Waals surface area contributed by atoms with E-state index in [-0.39, 0.29) is 23.0 Å². The maximum atomic E-state index is 12.0. The van der Waals surface area contributed by atoms with Crippen LogP contribution in [-0.2, 0) is 0 Å². The first-order chi connectivity index (χ1) is 31.4. The molecule has 6 aromatic carbocycles. The summed E-state index contributed by atoms with van der Waals surface area (Å²) in [5.74, 6) is 2.64. The van der Waals surface area contributed by atoms with Crippen LogP contribution in [0.5, 0.6) is 23.0 Å². The highest BCUT2D eigenvalue weighted by Gasteiger charge is 2.23. The van der Waals surface area contributed by atoms with Crippen molar-refractivity contribution in [3.05, 3.63) is 203 Å². The molecule has 0 unspecified atom stereocenters. The Morgan fingerprint density at radius 1 is 0.406 bits per heavy atom. The van der Waals surface area contributed by atoms with Crippen molar-refractivity contribution in [1.29, 1.82) is 0 Å². The normalized spacial score (nSPS) is 11.4. The summed E-state index contributed by atoms with van der Waals surface area (Å²) in [4.78, 5) is 41.6. The first-order valence-corrected chi connectivity index (χ1v) is 20.0. The van der Waals surface area contributed by atoms with Crippen molar-refractivity contribution in [1.82, 2.24) is 29.1 Å². The molecule has 0 fully saturated rings. The van der Waals surface area contributed by atoms with Crippen LogP contribution in [0.2, 0.25) is 0 Å². The molecule has 0 aliphatic heterocycles. The van der Waals surface area contributed by atoms with Gasteiger partial charge in [-0.1, -0.05) is 60.7 Å². The van der Waals surface area contributed by atoms with Crippen molar-refractivity contribution in [3.63, 3.8) is 0 Å². The lowest BCUT2D eigenvalue weighted by atomic mass is 10.1. The fourth-order valence-electron chi connectivity index (χ4n) is 8.23. The van der Waals surface area contributed by atoms with E-state index in [4.69, 9.17) is 19.4 Å². The first kappa shape index (κ1) is 37.7. The molecule has 14 nitrogen and oxygen atoms in total. The van der Waals surface area contributed by atoms with Crippen LogP contribution in [0.1, 0.15) is 0 Å². The van der Waals surface area contributed by atoms with Crippen LogP contribution in [0.4, 0.5) is 11.4 Å². The number of pyridine rings is 2. The molecule has 11 rings (SSSR count). The molecule has 14 heteroatoms. The minimum atomic E-state index is -0.427. The van der Waals surface area contributed by atoms with Crippen molar-refractivity contribution in [2.45, 2.75) is 0 Å². The van der Waals surface area contributed by atoms with Gasteiger partial charge in [0.1, 0.15) is 23.0 Å². The number of aromatic nitrogens is 6. The van der Waals surface area contributed by atoms with Crippen molar-refractivity contribution in [2.24, 2.45) is 0 Å². The second-order valence-corrected chi connectivity index (χ2v) is 14.8. The highest BCUT2D eigenvalue weighted by atomic mass is 16.6. The summed E-state index contributed by atoms with van der Waals surface area (Å²) in [7, 11) is 0. The van der Waals surface area contributed by atoms with Crippen molar-refractivity contribution < 1.29 is 19.3 Å². The number of fused-ring (bicyclic) bond motifs is 6. The fourth-order valence-corrected chi connectivity index (χ4v) is 8.23. The predicted octanol–water partition coefficient (Wildman–Crippen LogP) is 12.2. The molecule has 306 valence electrons. The Hall–Kier alpha value is -9.30. The van der Waals surface area contributed by atoms with Gasteiger partial charge < -0.3 is 9.47 Å². The van der Waals surface area contributed by atoms with E-state index >= 15 is 0 Å². The number of para-hydroxylation sites is 2. The molecule has 0 amide bonds. The van der Waals surface area contributed by atoms with Gasteiger partial charge in [0.15, 0.2) is 0 Å². The average Bonchev–Trinajstić information content (AvgIpc) is 3.83. The molecule has 64 heavy (non-hydrogen) atoms. The Balaban J connectivity index is 0.859. The SMILES string of the molecule is O=[N+]([O-])c1cccnc1-n1c2ccccc2c2ccc(Oc3cccc(-c4cnc(-c5cccc(Oc6ccc7c8ccccc8n(-c8ncccc8[N+](=O)[O-])c7c6)c5)cn4)c3)cc21. The van der Waals surface area contributed by atoms with Gasteiger partial charge in [-0.05, 0) is 72.8 Å². The van der Waals surface area contributed by atoms with Gasteiger partial charge in [-0.3, -0.25) is 39.3 Å². The summed E-state index contributed by atoms with van der Waals surface area (Å²) in [5, 5.41) is 27.7. The maximum absolute atomic E-state index is 12.0. The van der Waals surface area contributed by atoms with Crippen LogP contribution in [0, 0.1) is 20.2 Å². The fraction of sp³-hybridized carbons (Fsp3) is 0. The number of rotatable bonds is 10. The van der Waals surface area contributed by atoms with E-state index in [0.717, 1.165) is 43.7 Å². The van der Waals surface area contributed by atoms with E-state index in [0.29, 0.717) is 45.4 Å². The Kier molecular flexibility index (Phi) is 9.01. The van der Waals surface area contributed by atoms with E-state index in [1.165, 1.54) is 12.1 Å². The molecule has 0 radical (unpaired) electrons. The van der Waals surface area contributed by atoms with Gasteiger partial charge in [-0.25, -0.2) is 9.97 Å². The summed E-state index contributed by atoms with van der Waals surface area (Å²) < 4.78 is 16.4.